The molecule has 1 unspecified atom stereocenters. The van der Waals surface area contributed by atoms with Crippen molar-refractivity contribution in [2.75, 3.05) is 0 Å². The van der Waals surface area contributed by atoms with Crippen molar-refractivity contribution < 1.29 is 9.90 Å². The van der Waals surface area contributed by atoms with Crippen molar-refractivity contribution in [3.8, 4) is 0 Å². The maximum atomic E-state index is 11.7. The van der Waals surface area contributed by atoms with Gasteiger partial charge in [-0.05, 0) is 23.3 Å². The molecule has 0 radical (unpaired) electrons. The maximum absolute atomic E-state index is 11.7. The van der Waals surface area contributed by atoms with E-state index in [9.17, 15) is 9.90 Å². The van der Waals surface area contributed by atoms with E-state index in [1.807, 2.05) is 30.3 Å². The van der Waals surface area contributed by atoms with Crippen LogP contribution in [0.15, 0.2) is 54.9 Å². The van der Waals surface area contributed by atoms with Gasteiger partial charge in [-0.25, -0.2) is 0 Å². The molecule has 1 aromatic carbocycles. The van der Waals surface area contributed by atoms with Gasteiger partial charge in [0, 0.05) is 18.9 Å². The Hall–Kier alpha value is -2.20. The molecule has 0 saturated carbocycles. The van der Waals surface area contributed by atoms with Crippen LogP contribution in [0, 0.1) is 0 Å². The number of aliphatic hydroxyl groups excluding tert-OH is 1. The highest BCUT2D eigenvalue weighted by molar-refractivity contribution is 5.81. The first kappa shape index (κ1) is 12.3. The minimum Gasteiger partial charge on any atom is -0.378 e. The number of hydrogen-bond acceptors (Lipinski definition) is 3. The Morgan fingerprint density at radius 1 is 1.17 bits per heavy atom. The van der Waals surface area contributed by atoms with Crippen molar-refractivity contribution in [1.82, 2.24) is 10.3 Å². The number of benzene rings is 1. The molecule has 0 fully saturated rings. The molecule has 0 bridgehead atoms. The van der Waals surface area contributed by atoms with Gasteiger partial charge in [0.05, 0.1) is 0 Å². The van der Waals surface area contributed by atoms with Gasteiger partial charge in [0.1, 0.15) is 0 Å². The number of amides is 1. The maximum Gasteiger partial charge on any atom is 0.253 e. The third-order valence-corrected chi connectivity index (χ3v) is 2.58. The zero-order valence-electron chi connectivity index (χ0n) is 9.78. The van der Waals surface area contributed by atoms with Crippen LogP contribution in [-0.2, 0) is 11.3 Å². The molecule has 0 aliphatic carbocycles. The SMILES string of the molecule is O=C(NCc1ccccc1)C(O)c1ccncc1. The molecule has 4 nitrogen and oxygen atoms in total. The van der Waals surface area contributed by atoms with Gasteiger partial charge in [-0.2, -0.15) is 0 Å². The van der Waals surface area contributed by atoms with Crippen LogP contribution in [0.25, 0.3) is 0 Å². The Kier molecular flexibility index (Phi) is 4.04. The first-order valence-electron chi connectivity index (χ1n) is 5.67. The third kappa shape index (κ3) is 3.15. The van der Waals surface area contributed by atoms with Crippen molar-refractivity contribution in [3.63, 3.8) is 0 Å². The molecule has 1 aromatic heterocycles. The molecular formula is C14H14N2O2. The Bertz CT molecular complexity index is 500. The second kappa shape index (κ2) is 5.93. The topological polar surface area (TPSA) is 62.2 Å². The molecule has 92 valence electrons. The number of nitrogens with zero attached hydrogens (tertiary/aromatic N) is 1. The van der Waals surface area contributed by atoms with Gasteiger partial charge in [-0.3, -0.25) is 9.78 Å². The minimum absolute atomic E-state index is 0.405. The van der Waals surface area contributed by atoms with Crippen molar-refractivity contribution >= 4 is 5.91 Å². The van der Waals surface area contributed by atoms with E-state index in [4.69, 9.17) is 0 Å². The van der Waals surface area contributed by atoms with Gasteiger partial charge in [-0.1, -0.05) is 30.3 Å². The van der Waals surface area contributed by atoms with E-state index in [0.717, 1.165) is 5.56 Å². The molecule has 2 N–H and O–H groups in total. The van der Waals surface area contributed by atoms with Crippen molar-refractivity contribution in [3.05, 3.63) is 66.0 Å². The van der Waals surface area contributed by atoms with E-state index in [1.54, 1.807) is 24.5 Å². The second-order valence-corrected chi connectivity index (χ2v) is 3.89. The van der Waals surface area contributed by atoms with E-state index in [2.05, 4.69) is 10.3 Å². The van der Waals surface area contributed by atoms with E-state index in [0.29, 0.717) is 12.1 Å². The predicted octanol–water partition coefficient (Wildman–Crippen LogP) is 1.43. The number of aliphatic hydroxyl groups is 1. The summed E-state index contributed by atoms with van der Waals surface area (Å²) in [5.74, 6) is -0.412. The lowest BCUT2D eigenvalue weighted by Crippen LogP contribution is -2.28. The van der Waals surface area contributed by atoms with Crippen LogP contribution in [0.5, 0.6) is 0 Å². The highest BCUT2D eigenvalue weighted by Crippen LogP contribution is 2.11. The summed E-state index contributed by atoms with van der Waals surface area (Å²) in [6, 6.07) is 12.8. The average Bonchev–Trinajstić information content (AvgIpc) is 2.46. The van der Waals surface area contributed by atoms with Crippen molar-refractivity contribution in [1.29, 1.82) is 0 Å². The highest BCUT2D eigenvalue weighted by Gasteiger charge is 2.16. The molecule has 0 spiro atoms. The highest BCUT2D eigenvalue weighted by atomic mass is 16.3. The number of carbonyl (C=O) groups excluding carboxylic acids is 1. The summed E-state index contributed by atoms with van der Waals surface area (Å²) in [5, 5.41) is 12.5. The minimum atomic E-state index is -1.16. The number of hydrogen-bond donors (Lipinski definition) is 2. The molecule has 1 atom stereocenters. The van der Waals surface area contributed by atoms with Gasteiger partial charge < -0.3 is 10.4 Å². The quantitative estimate of drug-likeness (QED) is 0.852. The van der Waals surface area contributed by atoms with E-state index >= 15 is 0 Å². The summed E-state index contributed by atoms with van der Waals surface area (Å²) in [7, 11) is 0. The van der Waals surface area contributed by atoms with Gasteiger partial charge in [0.15, 0.2) is 6.10 Å². The summed E-state index contributed by atoms with van der Waals surface area (Å²) in [6.07, 6.45) is 1.93. The van der Waals surface area contributed by atoms with Gasteiger partial charge in [0.2, 0.25) is 0 Å². The van der Waals surface area contributed by atoms with E-state index < -0.39 is 12.0 Å². The zero-order chi connectivity index (χ0) is 12.8. The molecule has 2 aromatic rings. The summed E-state index contributed by atoms with van der Waals surface area (Å²) < 4.78 is 0. The monoisotopic (exact) mass is 242 g/mol. The second-order valence-electron chi connectivity index (χ2n) is 3.89. The molecule has 1 amide bonds. The lowest BCUT2D eigenvalue weighted by Gasteiger charge is -2.11. The van der Waals surface area contributed by atoms with Crippen LogP contribution in [0.2, 0.25) is 0 Å². The number of rotatable bonds is 4. The van der Waals surface area contributed by atoms with Crippen LogP contribution in [0.3, 0.4) is 0 Å². The Morgan fingerprint density at radius 2 is 1.83 bits per heavy atom. The molecule has 0 saturated heterocycles. The molecular weight excluding hydrogens is 228 g/mol. The number of aromatic nitrogens is 1. The lowest BCUT2D eigenvalue weighted by molar-refractivity contribution is -0.129. The van der Waals surface area contributed by atoms with Gasteiger partial charge in [0.25, 0.3) is 5.91 Å². The Morgan fingerprint density at radius 3 is 2.50 bits per heavy atom. The van der Waals surface area contributed by atoms with Crippen LogP contribution in [-0.4, -0.2) is 16.0 Å². The molecule has 1 heterocycles. The number of nitrogens with one attached hydrogen (secondary N) is 1. The van der Waals surface area contributed by atoms with Crippen LogP contribution >= 0.6 is 0 Å². The van der Waals surface area contributed by atoms with Crippen LogP contribution in [0.4, 0.5) is 0 Å². The first-order chi connectivity index (χ1) is 8.77. The Labute approximate surface area is 105 Å². The molecule has 4 heteroatoms. The summed E-state index contributed by atoms with van der Waals surface area (Å²) in [5.41, 5.74) is 1.53. The van der Waals surface area contributed by atoms with Gasteiger partial charge >= 0.3 is 0 Å². The van der Waals surface area contributed by atoms with Gasteiger partial charge in [-0.15, -0.1) is 0 Å². The molecule has 18 heavy (non-hydrogen) atoms. The summed E-state index contributed by atoms with van der Waals surface area (Å²) >= 11 is 0. The lowest BCUT2D eigenvalue weighted by atomic mass is 10.1. The summed E-state index contributed by atoms with van der Waals surface area (Å²) in [6.45, 7) is 0.405. The average molecular weight is 242 g/mol. The third-order valence-electron chi connectivity index (χ3n) is 2.58. The van der Waals surface area contributed by atoms with Crippen LogP contribution < -0.4 is 5.32 Å². The number of pyridine rings is 1. The molecule has 2 rings (SSSR count). The van der Waals surface area contributed by atoms with Crippen molar-refractivity contribution in [2.45, 2.75) is 12.6 Å². The van der Waals surface area contributed by atoms with Crippen LogP contribution in [0.1, 0.15) is 17.2 Å². The first-order valence-corrected chi connectivity index (χ1v) is 5.67. The Balaban J connectivity index is 1.93. The fourth-order valence-electron chi connectivity index (χ4n) is 1.58. The van der Waals surface area contributed by atoms with E-state index in [1.165, 1.54) is 0 Å². The van der Waals surface area contributed by atoms with E-state index in [-0.39, 0.29) is 0 Å². The zero-order valence-corrected chi connectivity index (χ0v) is 9.78. The smallest absolute Gasteiger partial charge is 0.253 e. The standard InChI is InChI=1S/C14H14N2O2/c17-13(12-6-8-15-9-7-12)14(18)16-10-11-4-2-1-3-5-11/h1-9,13,17H,10H2,(H,16,18). The summed E-state index contributed by atoms with van der Waals surface area (Å²) in [4.78, 5) is 15.6. The fourth-order valence-corrected chi connectivity index (χ4v) is 1.58. The molecule has 0 aliphatic rings. The predicted molar refractivity (Wildman–Crippen MR) is 67.5 cm³/mol. The van der Waals surface area contributed by atoms with Crippen molar-refractivity contribution in [2.24, 2.45) is 0 Å². The normalized spacial score (nSPS) is 11.8. The fraction of sp³-hybridized carbons (Fsp3) is 0.143. The number of carbonyl (C=O) groups is 1. The molecule has 0 aliphatic heterocycles. The largest absolute Gasteiger partial charge is 0.378 e.